The van der Waals surface area contributed by atoms with Crippen LogP contribution in [0.3, 0.4) is 0 Å². The maximum Gasteiger partial charge on any atom is 0.161 e. The van der Waals surface area contributed by atoms with E-state index in [1.807, 2.05) is 25.1 Å². The third-order valence-electron chi connectivity index (χ3n) is 2.11. The molecule has 1 atom stereocenters. The first-order chi connectivity index (χ1) is 7.13. The molecule has 0 bridgehead atoms. The van der Waals surface area contributed by atoms with Gasteiger partial charge in [-0.25, -0.2) is 0 Å². The van der Waals surface area contributed by atoms with Crippen LogP contribution in [0.2, 0.25) is 0 Å². The van der Waals surface area contributed by atoms with E-state index in [0.29, 0.717) is 13.0 Å². The molecule has 1 aromatic carbocycles. The van der Waals surface area contributed by atoms with Crippen molar-refractivity contribution in [2.75, 3.05) is 13.7 Å². The van der Waals surface area contributed by atoms with E-state index in [4.69, 9.17) is 14.6 Å². The second-order valence-corrected chi connectivity index (χ2v) is 3.64. The maximum atomic E-state index is 9.09. The Morgan fingerprint density at radius 2 is 2.07 bits per heavy atom. The molecule has 3 nitrogen and oxygen atoms in total. The first-order valence-electron chi connectivity index (χ1n) is 5.09. The molecule has 1 rings (SSSR count). The molecule has 3 heteroatoms. The van der Waals surface area contributed by atoms with Crippen LogP contribution in [-0.4, -0.2) is 24.9 Å². The molecular weight excluding hydrogens is 192 g/mol. The van der Waals surface area contributed by atoms with Crippen LogP contribution in [0.15, 0.2) is 18.2 Å². The summed E-state index contributed by atoms with van der Waals surface area (Å²) in [5.41, 5.74) is 1.13. The first kappa shape index (κ1) is 11.9. The third kappa shape index (κ3) is 3.80. The van der Waals surface area contributed by atoms with Gasteiger partial charge in [0, 0.05) is 6.42 Å². The van der Waals surface area contributed by atoms with Crippen molar-refractivity contribution >= 4 is 0 Å². The van der Waals surface area contributed by atoms with E-state index in [-0.39, 0.29) is 6.10 Å². The molecule has 0 fully saturated rings. The highest BCUT2D eigenvalue weighted by atomic mass is 16.5. The summed E-state index contributed by atoms with van der Waals surface area (Å²) in [6.07, 6.45) is 0.290. The molecule has 1 unspecified atom stereocenters. The Labute approximate surface area is 90.6 Å². The van der Waals surface area contributed by atoms with Crippen LogP contribution >= 0.6 is 0 Å². The zero-order chi connectivity index (χ0) is 11.3. The van der Waals surface area contributed by atoms with Crippen LogP contribution in [0.5, 0.6) is 11.5 Å². The Kier molecular flexibility index (Phi) is 4.43. The summed E-state index contributed by atoms with van der Waals surface area (Å²) in [5, 5.41) is 9.09. The van der Waals surface area contributed by atoms with E-state index >= 15 is 0 Å². The lowest BCUT2D eigenvalue weighted by Gasteiger charge is -2.11. The number of methoxy groups -OCH3 is 1. The van der Waals surface area contributed by atoms with Crippen molar-refractivity contribution in [3.8, 4) is 11.5 Å². The summed E-state index contributed by atoms with van der Waals surface area (Å²) in [4.78, 5) is 0. The number of hydrogen-bond acceptors (Lipinski definition) is 3. The van der Waals surface area contributed by atoms with Gasteiger partial charge in [-0.3, -0.25) is 0 Å². The molecule has 0 aliphatic heterocycles. The summed E-state index contributed by atoms with van der Waals surface area (Å²) >= 11 is 0. The monoisotopic (exact) mass is 210 g/mol. The van der Waals surface area contributed by atoms with Crippen molar-refractivity contribution in [3.63, 3.8) is 0 Å². The van der Waals surface area contributed by atoms with Gasteiger partial charge < -0.3 is 14.6 Å². The Morgan fingerprint density at radius 1 is 1.33 bits per heavy atom. The minimum absolute atomic E-state index is 0.332. The van der Waals surface area contributed by atoms with Crippen molar-refractivity contribution < 1.29 is 14.6 Å². The fourth-order valence-corrected chi connectivity index (χ4v) is 1.23. The molecule has 0 saturated carbocycles. The second kappa shape index (κ2) is 5.61. The van der Waals surface area contributed by atoms with Gasteiger partial charge in [0.2, 0.25) is 0 Å². The topological polar surface area (TPSA) is 38.7 Å². The highest BCUT2D eigenvalue weighted by molar-refractivity contribution is 5.42. The number of aryl methyl sites for hydroxylation is 1. The van der Waals surface area contributed by atoms with Crippen molar-refractivity contribution in [1.29, 1.82) is 0 Å². The minimum atomic E-state index is -0.332. The number of hydrogen-bond donors (Lipinski definition) is 1. The molecule has 0 spiro atoms. The lowest BCUT2D eigenvalue weighted by molar-refractivity contribution is 0.154. The number of rotatable bonds is 5. The average molecular weight is 210 g/mol. The van der Waals surface area contributed by atoms with Gasteiger partial charge in [0.05, 0.1) is 19.8 Å². The smallest absolute Gasteiger partial charge is 0.161 e. The summed E-state index contributed by atoms with van der Waals surface area (Å²) in [6, 6.07) is 5.79. The van der Waals surface area contributed by atoms with E-state index in [2.05, 4.69) is 0 Å². The average Bonchev–Trinajstić information content (AvgIpc) is 2.19. The highest BCUT2D eigenvalue weighted by Gasteiger charge is 2.04. The minimum Gasteiger partial charge on any atom is -0.493 e. The van der Waals surface area contributed by atoms with Gasteiger partial charge in [0.1, 0.15) is 0 Å². The molecular formula is C12H18O3. The standard InChI is InChI=1S/C12H18O3/c1-9-4-5-11(12(8-9)14-3)15-7-6-10(2)13/h4-5,8,10,13H,6-7H2,1-3H3. The van der Waals surface area contributed by atoms with E-state index in [1.54, 1.807) is 14.0 Å². The zero-order valence-electron chi connectivity index (χ0n) is 9.49. The number of ether oxygens (including phenoxy) is 2. The van der Waals surface area contributed by atoms with Gasteiger partial charge >= 0.3 is 0 Å². The van der Waals surface area contributed by atoms with Crippen molar-refractivity contribution in [1.82, 2.24) is 0 Å². The molecule has 0 aliphatic carbocycles. The summed E-state index contributed by atoms with van der Waals surface area (Å²) in [7, 11) is 1.62. The van der Waals surface area contributed by atoms with Gasteiger partial charge in [0.25, 0.3) is 0 Å². The molecule has 0 amide bonds. The van der Waals surface area contributed by atoms with Crippen LogP contribution < -0.4 is 9.47 Å². The van der Waals surface area contributed by atoms with Gasteiger partial charge in [-0.1, -0.05) is 6.07 Å². The quantitative estimate of drug-likeness (QED) is 0.809. The van der Waals surface area contributed by atoms with Gasteiger partial charge in [-0.2, -0.15) is 0 Å². The Balaban J connectivity index is 2.60. The molecule has 0 saturated heterocycles. The Morgan fingerprint density at radius 3 is 2.67 bits per heavy atom. The van der Waals surface area contributed by atoms with Gasteiger partial charge in [-0.15, -0.1) is 0 Å². The van der Waals surface area contributed by atoms with E-state index < -0.39 is 0 Å². The van der Waals surface area contributed by atoms with Gasteiger partial charge in [-0.05, 0) is 31.5 Å². The van der Waals surface area contributed by atoms with Crippen LogP contribution in [0.1, 0.15) is 18.9 Å². The van der Waals surface area contributed by atoms with E-state index in [1.165, 1.54) is 0 Å². The molecule has 0 heterocycles. The lowest BCUT2D eigenvalue weighted by Crippen LogP contribution is -2.08. The largest absolute Gasteiger partial charge is 0.493 e. The summed E-state index contributed by atoms with van der Waals surface area (Å²) in [5.74, 6) is 1.46. The van der Waals surface area contributed by atoms with Crippen molar-refractivity contribution in [2.45, 2.75) is 26.4 Å². The van der Waals surface area contributed by atoms with Crippen molar-refractivity contribution in [3.05, 3.63) is 23.8 Å². The number of benzene rings is 1. The molecule has 0 radical (unpaired) electrons. The van der Waals surface area contributed by atoms with Crippen LogP contribution in [0.4, 0.5) is 0 Å². The summed E-state index contributed by atoms with van der Waals surface area (Å²) in [6.45, 7) is 4.24. The predicted molar refractivity (Wildman–Crippen MR) is 59.5 cm³/mol. The maximum absolute atomic E-state index is 9.09. The molecule has 15 heavy (non-hydrogen) atoms. The Bertz CT molecular complexity index is 308. The van der Waals surface area contributed by atoms with Crippen molar-refractivity contribution in [2.24, 2.45) is 0 Å². The predicted octanol–water partition coefficient (Wildman–Crippen LogP) is 2.15. The van der Waals surface area contributed by atoms with Gasteiger partial charge in [0.15, 0.2) is 11.5 Å². The molecule has 84 valence electrons. The lowest BCUT2D eigenvalue weighted by atomic mass is 10.2. The molecule has 0 aromatic heterocycles. The molecule has 0 aliphatic rings. The SMILES string of the molecule is COc1cc(C)ccc1OCCC(C)O. The van der Waals surface area contributed by atoms with Crippen LogP contribution in [0.25, 0.3) is 0 Å². The fourth-order valence-electron chi connectivity index (χ4n) is 1.23. The first-order valence-corrected chi connectivity index (χ1v) is 5.09. The molecule has 1 aromatic rings. The van der Waals surface area contributed by atoms with Crippen LogP contribution in [-0.2, 0) is 0 Å². The zero-order valence-corrected chi connectivity index (χ0v) is 9.49. The summed E-state index contributed by atoms with van der Waals surface area (Å²) < 4.78 is 10.7. The second-order valence-electron chi connectivity index (χ2n) is 3.64. The van der Waals surface area contributed by atoms with Crippen LogP contribution in [0, 0.1) is 6.92 Å². The third-order valence-corrected chi connectivity index (χ3v) is 2.11. The van der Waals surface area contributed by atoms with E-state index in [9.17, 15) is 0 Å². The number of aliphatic hydroxyl groups is 1. The fraction of sp³-hybridized carbons (Fsp3) is 0.500. The molecule has 1 N–H and O–H groups in total. The Hall–Kier alpha value is -1.22. The highest BCUT2D eigenvalue weighted by Crippen LogP contribution is 2.27. The van der Waals surface area contributed by atoms with E-state index in [0.717, 1.165) is 17.1 Å². The normalized spacial score (nSPS) is 12.3. The number of aliphatic hydroxyl groups excluding tert-OH is 1.